The Balaban J connectivity index is 2.40. The van der Waals surface area contributed by atoms with Crippen LogP contribution in [0.25, 0.3) is 10.1 Å². The highest BCUT2D eigenvalue weighted by Gasteiger charge is 2.07. The molecular formula is C14H8Cl4. The van der Waals surface area contributed by atoms with Crippen molar-refractivity contribution in [3.8, 4) is 0 Å². The van der Waals surface area contributed by atoms with Gasteiger partial charge in [-0.05, 0) is 35.4 Å². The molecule has 18 heavy (non-hydrogen) atoms. The van der Waals surface area contributed by atoms with Gasteiger partial charge in [-0.25, -0.2) is 0 Å². The van der Waals surface area contributed by atoms with E-state index in [9.17, 15) is 0 Å². The highest BCUT2D eigenvalue weighted by atomic mass is 35.5. The molecule has 0 saturated carbocycles. The van der Waals surface area contributed by atoms with E-state index in [1.165, 1.54) is 0 Å². The van der Waals surface area contributed by atoms with Crippen LogP contribution in [0.4, 0.5) is 0 Å². The molecule has 0 aliphatic heterocycles. The molecule has 0 amide bonds. The van der Waals surface area contributed by atoms with Crippen LogP contribution in [0.2, 0.25) is 10.0 Å². The third-order valence-corrected chi connectivity index (χ3v) is 3.80. The van der Waals surface area contributed by atoms with Crippen molar-refractivity contribution in [1.82, 2.24) is 0 Å². The number of rotatable bonds is 2. The Labute approximate surface area is 126 Å². The minimum absolute atomic E-state index is 0.482. The van der Waals surface area contributed by atoms with E-state index in [4.69, 9.17) is 46.4 Å². The van der Waals surface area contributed by atoms with E-state index in [2.05, 4.69) is 0 Å². The van der Waals surface area contributed by atoms with Crippen molar-refractivity contribution in [2.75, 3.05) is 0 Å². The van der Waals surface area contributed by atoms with Gasteiger partial charge < -0.3 is 0 Å². The molecule has 2 aromatic rings. The van der Waals surface area contributed by atoms with Gasteiger partial charge in [-0.1, -0.05) is 70.7 Å². The summed E-state index contributed by atoms with van der Waals surface area (Å²) in [5.41, 5.74) is 1.64. The van der Waals surface area contributed by atoms with Crippen molar-refractivity contribution in [2.45, 2.75) is 0 Å². The maximum absolute atomic E-state index is 6.25. The highest BCUT2D eigenvalue weighted by molar-refractivity contribution is 6.65. The molecule has 92 valence electrons. The van der Waals surface area contributed by atoms with E-state index in [1.54, 1.807) is 24.3 Å². The second kappa shape index (κ2) is 5.99. The fraction of sp³-hybridized carbons (Fsp3) is 0. The lowest BCUT2D eigenvalue weighted by Crippen LogP contribution is -1.82. The quantitative estimate of drug-likeness (QED) is 0.570. The number of hydrogen-bond acceptors (Lipinski definition) is 0. The van der Waals surface area contributed by atoms with Crippen LogP contribution in [-0.4, -0.2) is 0 Å². The van der Waals surface area contributed by atoms with Gasteiger partial charge in [-0.15, -0.1) is 0 Å². The van der Waals surface area contributed by atoms with Crippen LogP contribution in [-0.2, 0) is 0 Å². The maximum atomic E-state index is 6.25. The standard InChI is InChI=1S/C14H8Cl4/c15-11-5-1-9(2-6-11)13(17)14(18)10-3-7-12(16)8-4-10/h1-8H/b14-13-. The van der Waals surface area contributed by atoms with Crippen LogP contribution < -0.4 is 0 Å². The van der Waals surface area contributed by atoms with Gasteiger partial charge in [0, 0.05) is 10.0 Å². The molecule has 0 heterocycles. The predicted octanol–water partition coefficient (Wildman–Crippen LogP) is 6.30. The topological polar surface area (TPSA) is 0 Å². The first-order valence-electron chi connectivity index (χ1n) is 5.15. The molecule has 0 aromatic heterocycles. The van der Waals surface area contributed by atoms with Gasteiger partial charge >= 0.3 is 0 Å². The Morgan fingerprint density at radius 1 is 0.556 bits per heavy atom. The van der Waals surface area contributed by atoms with Crippen LogP contribution >= 0.6 is 46.4 Å². The molecule has 0 aliphatic rings. The van der Waals surface area contributed by atoms with Crippen molar-refractivity contribution in [1.29, 1.82) is 0 Å². The molecule has 0 fully saturated rings. The fourth-order valence-electron chi connectivity index (χ4n) is 1.45. The second-order valence-electron chi connectivity index (χ2n) is 3.64. The van der Waals surface area contributed by atoms with E-state index < -0.39 is 0 Å². The van der Waals surface area contributed by atoms with Crippen molar-refractivity contribution >= 4 is 56.5 Å². The van der Waals surface area contributed by atoms with Crippen LogP contribution in [0.5, 0.6) is 0 Å². The van der Waals surface area contributed by atoms with E-state index in [-0.39, 0.29) is 0 Å². The first-order valence-corrected chi connectivity index (χ1v) is 6.66. The van der Waals surface area contributed by atoms with Crippen LogP contribution in [0, 0.1) is 0 Å². The Hall–Kier alpha value is -0.660. The molecule has 0 atom stereocenters. The molecule has 0 saturated heterocycles. The Kier molecular flexibility index (Phi) is 4.58. The number of halogens is 4. The first kappa shape index (κ1) is 13.8. The molecule has 0 unspecified atom stereocenters. The molecule has 0 bridgehead atoms. The van der Waals surface area contributed by atoms with Gasteiger partial charge in [0.05, 0.1) is 10.1 Å². The average molecular weight is 318 g/mol. The van der Waals surface area contributed by atoms with Gasteiger partial charge in [0.15, 0.2) is 0 Å². The summed E-state index contributed by atoms with van der Waals surface area (Å²) >= 11 is 24.2. The SMILES string of the molecule is Cl/C(=C(\Cl)c1ccc(Cl)cc1)c1ccc(Cl)cc1. The van der Waals surface area contributed by atoms with E-state index >= 15 is 0 Å². The minimum Gasteiger partial charge on any atom is -0.0843 e. The normalized spacial score (nSPS) is 12.2. The third kappa shape index (κ3) is 3.21. The maximum Gasteiger partial charge on any atom is 0.0670 e. The summed E-state index contributed by atoms with van der Waals surface area (Å²) in [6, 6.07) is 14.4. The molecule has 4 heteroatoms. The Bertz CT molecular complexity index is 514. The number of hydrogen-bond donors (Lipinski definition) is 0. The monoisotopic (exact) mass is 316 g/mol. The lowest BCUT2D eigenvalue weighted by molar-refractivity contribution is 1.63. The molecule has 0 N–H and O–H groups in total. The minimum atomic E-state index is 0.482. The average Bonchev–Trinajstić information content (AvgIpc) is 2.39. The van der Waals surface area contributed by atoms with Crippen LogP contribution in [0.3, 0.4) is 0 Å². The van der Waals surface area contributed by atoms with Gasteiger partial charge in [0.2, 0.25) is 0 Å². The second-order valence-corrected chi connectivity index (χ2v) is 5.27. The summed E-state index contributed by atoms with van der Waals surface area (Å²) < 4.78 is 0. The Morgan fingerprint density at radius 3 is 1.11 bits per heavy atom. The zero-order chi connectivity index (χ0) is 13.1. The molecule has 2 rings (SSSR count). The number of benzene rings is 2. The van der Waals surface area contributed by atoms with Crippen molar-refractivity contribution < 1.29 is 0 Å². The molecule has 0 radical (unpaired) electrons. The summed E-state index contributed by atoms with van der Waals surface area (Å²) in [5, 5.41) is 2.28. The zero-order valence-electron chi connectivity index (χ0n) is 9.13. The molecule has 0 aliphatic carbocycles. The molecule has 2 aromatic carbocycles. The largest absolute Gasteiger partial charge is 0.0843 e. The molecule has 0 nitrogen and oxygen atoms in total. The highest BCUT2D eigenvalue weighted by Crippen LogP contribution is 2.33. The van der Waals surface area contributed by atoms with E-state index in [0.717, 1.165) is 11.1 Å². The van der Waals surface area contributed by atoms with Crippen molar-refractivity contribution in [3.05, 3.63) is 69.7 Å². The predicted molar refractivity (Wildman–Crippen MR) is 81.4 cm³/mol. The lowest BCUT2D eigenvalue weighted by Gasteiger charge is -2.05. The summed E-state index contributed by atoms with van der Waals surface area (Å²) in [4.78, 5) is 0. The first-order chi connectivity index (χ1) is 8.58. The third-order valence-electron chi connectivity index (χ3n) is 2.39. The Morgan fingerprint density at radius 2 is 0.833 bits per heavy atom. The lowest BCUT2D eigenvalue weighted by atomic mass is 10.1. The van der Waals surface area contributed by atoms with Gasteiger partial charge in [0.1, 0.15) is 0 Å². The summed E-state index contributed by atoms with van der Waals surface area (Å²) in [6.45, 7) is 0. The van der Waals surface area contributed by atoms with Gasteiger partial charge in [0.25, 0.3) is 0 Å². The summed E-state index contributed by atoms with van der Waals surface area (Å²) in [7, 11) is 0. The van der Waals surface area contributed by atoms with Gasteiger partial charge in [-0.3, -0.25) is 0 Å². The zero-order valence-corrected chi connectivity index (χ0v) is 12.2. The van der Waals surface area contributed by atoms with E-state index in [0.29, 0.717) is 20.1 Å². The van der Waals surface area contributed by atoms with Crippen molar-refractivity contribution in [3.63, 3.8) is 0 Å². The summed E-state index contributed by atoms with van der Waals surface area (Å²) in [5.74, 6) is 0. The molecular weight excluding hydrogens is 310 g/mol. The molecule has 0 spiro atoms. The fourth-order valence-corrected chi connectivity index (χ4v) is 2.17. The van der Waals surface area contributed by atoms with E-state index in [1.807, 2.05) is 24.3 Å². The van der Waals surface area contributed by atoms with Crippen molar-refractivity contribution in [2.24, 2.45) is 0 Å². The van der Waals surface area contributed by atoms with Crippen LogP contribution in [0.15, 0.2) is 48.5 Å². The smallest absolute Gasteiger partial charge is 0.0670 e. The van der Waals surface area contributed by atoms with Crippen LogP contribution in [0.1, 0.15) is 11.1 Å². The summed E-state index contributed by atoms with van der Waals surface area (Å²) in [6.07, 6.45) is 0. The van der Waals surface area contributed by atoms with Gasteiger partial charge in [-0.2, -0.15) is 0 Å².